The summed E-state index contributed by atoms with van der Waals surface area (Å²) in [6, 6.07) is 28.0. The summed E-state index contributed by atoms with van der Waals surface area (Å²) < 4.78 is 17.0. The summed E-state index contributed by atoms with van der Waals surface area (Å²) in [5.74, 6) is 1.71. The Labute approximate surface area is 231 Å². The SMILES string of the molecule is Nc1noc2c(CN3CCOCC3)ccc(-c3ccc(NC(=O)Nc4cccc(Oc5ccccc5)c4)cc3)c12. The van der Waals surface area contributed by atoms with Gasteiger partial charge in [0, 0.05) is 42.6 Å². The number of fused-ring (bicyclic) bond motifs is 1. The van der Waals surface area contributed by atoms with Gasteiger partial charge in [0.2, 0.25) is 0 Å². The molecule has 9 heteroatoms. The van der Waals surface area contributed by atoms with Crippen LogP contribution in [0, 0.1) is 0 Å². The zero-order chi connectivity index (χ0) is 27.3. The van der Waals surface area contributed by atoms with Crippen molar-refractivity contribution < 1.29 is 18.8 Å². The van der Waals surface area contributed by atoms with E-state index < -0.39 is 0 Å². The minimum atomic E-state index is -0.359. The fourth-order valence-electron chi connectivity index (χ4n) is 4.78. The van der Waals surface area contributed by atoms with Crippen molar-refractivity contribution in [3.8, 4) is 22.6 Å². The van der Waals surface area contributed by atoms with Gasteiger partial charge in [-0.3, -0.25) is 4.90 Å². The molecule has 1 saturated heterocycles. The molecule has 4 N–H and O–H groups in total. The molecule has 202 valence electrons. The van der Waals surface area contributed by atoms with E-state index in [1.807, 2.05) is 72.8 Å². The number of hydrogen-bond donors (Lipinski definition) is 3. The standard InChI is InChI=1S/C31H29N5O4/c32-30-28-27(14-11-22(29(28)40-35-30)20-36-15-17-38-18-16-36)21-9-12-23(13-10-21)33-31(37)34-24-5-4-8-26(19-24)39-25-6-2-1-3-7-25/h1-14,19H,15-18,20H2,(H2,32,35)(H2,33,34,37). The van der Waals surface area contributed by atoms with Crippen molar-refractivity contribution in [2.24, 2.45) is 0 Å². The van der Waals surface area contributed by atoms with Gasteiger partial charge in [-0.05, 0) is 47.5 Å². The molecule has 0 radical (unpaired) electrons. The van der Waals surface area contributed by atoms with Crippen molar-refractivity contribution in [1.82, 2.24) is 10.1 Å². The number of nitrogens with two attached hydrogens (primary N) is 1. The van der Waals surface area contributed by atoms with E-state index in [9.17, 15) is 4.79 Å². The largest absolute Gasteiger partial charge is 0.457 e. The summed E-state index contributed by atoms with van der Waals surface area (Å²) in [5.41, 5.74) is 11.1. The van der Waals surface area contributed by atoms with Gasteiger partial charge in [0.05, 0.1) is 18.6 Å². The van der Waals surface area contributed by atoms with Crippen LogP contribution >= 0.6 is 0 Å². The minimum absolute atomic E-state index is 0.355. The van der Waals surface area contributed by atoms with Crippen molar-refractivity contribution >= 4 is 34.2 Å². The average molecular weight is 536 g/mol. The first-order valence-electron chi connectivity index (χ1n) is 13.1. The molecular weight excluding hydrogens is 506 g/mol. The Bertz CT molecular complexity index is 1610. The molecule has 40 heavy (non-hydrogen) atoms. The molecule has 9 nitrogen and oxygen atoms in total. The number of hydrogen-bond acceptors (Lipinski definition) is 7. The van der Waals surface area contributed by atoms with Crippen molar-refractivity contribution in [3.63, 3.8) is 0 Å². The van der Waals surface area contributed by atoms with E-state index in [0.717, 1.165) is 60.7 Å². The van der Waals surface area contributed by atoms with Crippen LogP contribution in [0.2, 0.25) is 0 Å². The summed E-state index contributed by atoms with van der Waals surface area (Å²) >= 11 is 0. The Morgan fingerprint density at radius 1 is 0.875 bits per heavy atom. The van der Waals surface area contributed by atoms with Crippen LogP contribution < -0.4 is 21.1 Å². The number of benzene rings is 4. The molecule has 2 heterocycles. The lowest BCUT2D eigenvalue weighted by atomic mass is 9.98. The summed E-state index contributed by atoms with van der Waals surface area (Å²) in [4.78, 5) is 15.0. The Kier molecular flexibility index (Phi) is 7.30. The van der Waals surface area contributed by atoms with Crippen LogP contribution in [0.1, 0.15) is 5.56 Å². The Balaban J connectivity index is 1.13. The molecule has 1 aliphatic heterocycles. The van der Waals surface area contributed by atoms with Gasteiger partial charge in [0.15, 0.2) is 11.4 Å². The summed E-state index contributed by atoms with van der Waals surface area (Å²) in [6.07, 6.45) is 0. The number of para-hydroxylation sites is 1. The monoisotopic (exact) mass is 535 g/mol. The lowest BCUT2D eigenvalue weighted by Gasteiger charge is -2.26. The van der Waals surface area contributed by atoms with Crippen molar-refractivity contribution in [2.45, 2.75) is 6.54 Å². The zero-order valence-corrected chi connectivity index (χ0v) is 21.8. The van der Waals surface area contributed by atoms with Crippen molar-refractivity contribution in [2.75, 3.05) is 42.7 Å². The van der Waals surface area contributed by atoms with Crippen LogP contribution in [-0.4, -0.2) is 42.4 Å². The third-order valence-electron chi connectivity index (χ3n) is 6.75. The van der Waals surface area contributed by atoms with Crippen LogP contribution in [-0.2, 0) is 11.3 Å². The first-order valence-corrected chi connectivity index (χ1v) is 13.1. The summed E-state index contributed by atoms with van der Waals surface area (Å²) in [5, 5.41) is 10.6. The number of nitrogen functional groups attached to an aromatic ring is 1. The maximum absolute atomic E-state index is 12.7. The molecular formula is C31H29N5O4. The number of nitrogens with one attached hydrogen (secondary N) is 2. The highest BCUT2D eigenvalue weighted by Crippen LogP contribution is 2.35. The fourth-order valence-corrected chi connectivity index (χ4v) is 4.78. The van der Waals surface area contributed by atoms with Gasteiger partial charge in [-0.15, -0.1) is 0 Å². The van der Waals surface area contributed by atoms with Gasteiger partial charge in [-0.1, -0.05) is 53.7 Å². The molecule has 0 unspecified atom stereocenters. The molecule has 0 saturated carbocycles. The van der Waals surface area contributed by atoms with E-state index in [1.165, 1.54) is 0 Å². The number of carbonyl (C=O) groups excluding carboxylic acids is 1. The van der Waals surface area contributed by atoms with Gasteiger partial charge >= 0.3 is 6.03 Å². The smallest absolute Gasteiger partial charge is 0.323 e. The Morgan fingerprint density at radius 2 is 1.62 bits per heavy atom. The first kappa shape index (κ1) is 25.4. The second kappa shape index (κ2) is 11.5. The second-order valence-corrected chi connectivity index (χ2v) is 9.53. The first-order chi connectivity index (χ1) is 19.6. The average Bonchev–Trinajstić information content (AvgIpc) is 3.37. The van der Waals surface area contributed by atoms with E-state index in [0.29, 0.717) is 28.5 Å². The van der Waals surface area contributed by atoms with E-state index >= 15 is 0 Å². The van der Waals surface area contributed by atoms with Gasteiger partial charge in [-0.25, -0.2) is 4.79 Å². The minimum Gasteiger partial charge on any atom is -0.457 e. The zero-order valence-electron chi connectivity index (χ0n) is 21.8. The summed E-state index contributed by atoms with van der Waals surface area (Å²) in [6.45, 7) is 3.96. The molecule has 1 fully saturated rings. The van der Waals surface area contributed by atoms with E-state index in [2.05, 4.69) is 26.8 Å². The number of amides is 2. The van der Waals surface area contributed by atoms with E-state index in [-0.39, 0.29) is 6.03 Å². The van der Waals surface area contributed by atoms with Gasteiger partial charge < -0.3 is 30.4 Å². The highest BCUT2D eigenvalue weighted by atomic mass is 16.5. The van der Waals surface area contributed by atoms with Crippen LogP contribution in [0.3, 0.4) is 0 Å². The predicted molar refractivity (Wildman–Crippen MR) is 156 cm³/mol. The Morgan fingerprint density at radius 3 is 2.42 bits per heavy atom. The van der Waals surface area contributed by atoms with Gasteiger partial charge in [0.1, 0.15) is 11.5 Å². The number of morpholine rings is 1. The number of rotatable bonds is 7. The molecule has 0 spiro atoms. The van der Waals surface area contributed by atoms with Gasteiger partial charge in [0.25, 0.3) is 0 Å². The number of carbonyl (C=O) groups is 1. The van der Waals surface area contributed by atoms with Crippen molar-refractivity contribution in [3.05, 3.63) is 96.6 Å². The third-order valence-corrected chi connectivity index (χ3v) is 6.75. The van der Waals surface area contributed by atoms with E-state index in [4.69, 9.17) is 19.7 Å². The fraction of sp³-hybridized carbons (Fsp3) is 0.161. The molecule has 0 aliphatic carbocycles. The van der Waals surface area contributed by atoms with Crippen molar-refractivity contribution in [1.29, 1.82) is 0 Å². The maximum atomic E-state index is 12.7. The maximum Gasteiger partial charge on any atom is 0.323 e. The van der Waals surface area contributed by atoms with E-state index in [1.54, 1.807) is 12.1 Å². The molecule has 6 rings (SSSR count). The van der Waals surface area contributed by atoms with Crippen LogP contribution in [0.4, 0.5) is 22.0 Å². The lowest BCUT2D eigenvalue weighted by molar-refractivity contribution is 0.0342. The van der Waals surface area contributed by atoms with Gasteiger partial charge in [-0.2, -0.15) is 0 Å². The number of anilines is 3. The summed E-state index contributed by atoms with van der Waals surface area (Å²) in [7, 11) is 0. The molecule has 0 bridgehead atoms. The molecule has 2 amide bonds. The Hall–Kier alpha value is -4.86. The quantitative estimate of drug-likeness (QED) is 0.223. The molecule has 5 aromatic rings. The third kappa shape index (κ3) is 5.75. The lowest BCUT2D eigenvalue weighted by Crippen LogP contribution is -2.35. The number of nitrogens with zero attached hydrogens (tertiary/aromatic N) is 2. The molecule has 1 aliphatic rings. The van der Waals surface area contributed by atoms with Crippen LogP contribution in [0.15, 0.2) is 95.5 Å². The normalized spacial score (nSPS) is 13.7. The highest BCUT2D eigenvalue weighted by molar-refractivity contribution is 6.03. The molecule has 1 aromatic heterocycles. The second-order valence-electron chi connectivity index (χ2n) is 9.53. The highest BCUT2D eigenvalue weighted by Gasteiger charge is 2.19. The number of aromatic nitrogens is 1. The molecule has 4 aromatic carbocycles. The number of ether oxygens (including phenoxy) is 2. The predicted octanol–water partition coefficient (Wildman–Crippen LogP) is 6.35. The topological polar surface area (TPSA) is 115 Å². The van der Waals surface area contributed by atoms with Crippen LogP contribution in [0.25, 0.3) is 22.1 Å². The number of urea groups is 1. The van der Waals surface area contributed by atoms with Crippen LogP contribution in [0.5, 0.6) is 11.5 Å². The molecule has 0 atom stereocenters.